The molecule has 1 fully saturated rings. The fraction of sp³-hybridized carbons (Fsp3) is 0.412. The number of carbonyl (C=O) groups is 2. The Labute approximate surface area is 152 Å². The summed E-state index contributed by atoms with van der Waals surface area (Å²) in [5, 5.41) is 7.60. The number of anilines is 2. The maximum absolute atomic E-state index is 14.7. The van der Waals surface area contributed by atoms with E-state index in [-0.39, 0.29) is 24.2 Å². The Morgan fingerprint density at radius 3 is 2.81 bits per heavy atom. The molecule has 0 unspecified atom stereocenters. The van der Waals surface area contributed by atoms with Crippen molar-refractivity contribution in [3.63, 3.8) is 0 Å². The van der Waals surface area contributed by atoms with Crippen molar-refractivity contribution in [2.24, 2.45) is 0 Å². The van der Waals surface area contributed by atoms with Crippen molar-refractivity contribution in [1.82, 2.24) is 15.0 Å². The zero-order chi connectivity index (χ0) is 18.9. The predicted molar refractivity (Wildman–Crippen MR) is 88.6 cm³/mol. The molecule has 0 bridgehead atoms. The van der Waals surface area contributed by atoms with Gasteiger partial charge in [0, 0.05) is 13.2 Å². The second-order valence-corrected chi connectivity index (χ2v) is 6.98. The van der Waals surface area contributed by atoms with Gasteiger partial charge in [0.1, 0.15) is 6.10 Å². The molecule has 0 aliphatic carbocycles. The number of halogens is 2. The number of fused-ring (bicyclic) bond motifs is 5. The fourth-order valence-electron chi connectivity index (χ4n) is 4.22. The van der Waals surface area contributed by atoms with E-state index in [2.05, 4.69) is 10.3 Å². The molecule has 4 heterocycles. The largest absolute Gasteiger partial charge is 0.442 e. The standard InChI is InChI=1S/C17H15F2N5O3/c1-22-11-3-2-10-9(15(11)17(18,19)7-14(22)25)6-12-13(27-16(26)24(10)12)8-23-5-4-20-21-23/h2-5,12-13H,6-8H2,1H3/t12-,13-/m0/s1. The summed E-state index contributed by atoms with van der Waals surface area (Å²) in [4.78, 5) is 27.0. The topological polar surface area (TPSA) is 80.6 Å². The molecule has 0 saturated carbocycles. The summed E-state index contributed by atoms with van der Waals surface area (Å²) in [6, 6.07) is 2.68. The summed E-state index contributed by atoms with van der Waals surface area (Å²) in [7, 11) is 1.49. The normalized spacial score (nSPS) is 25.3. The molecule has 1 aromatic heterocycles. The maximum atomic E-state index is 14.7. The van der Waals surface area contributed by atoms with Crippen LogP contribution in [0.4, 0.5) is 25.0 Å². The van der Waals surface area contributed by atoms with Crippen LogP contribution in [-0.4, -0.2) is 46.2 Å². The maximum Gasteiger partial charge on any atom is 0.415 e. The number of aromatic nitrogens is 3. The molecule has 0 N–H and O–H groups in total. The van der Waals surface area contributed by atoms with E-state index in [1.165, 1.54) is 29.1 Å². The minimum atomic E-state index is -3.27. The van der Waals surface area contributed by atoms with Crippen molar-refractivity contribution in [2.45, 2.75) is 37.5 Å². The highest BCUT2D eigenvalue weighted by molar-refractivity contribution is 6.00. The van der Waals surface area contributed by atoms with Crippen molar-refractivity contribution in [3.8, 4) is 0 Å². The van der Waals surface area contributed by atoms with Gasteiger partial charge in [0.2, 0.25) is 5.91 Å². The first kappa shape index (κ1) is 16.2. The van der Waals surface area contributed by atoms with E-state index in [1.807, 2.05) is 0 Å². The minimum absolute atomic E-state index is 0.163. The second-order valence-electron chi connectivity index (χ2n) is 6.98. The fourth-order valence-corrected chi connectivity index (χ4v) is 4.22. The summed E-state index contributed by atoms with van der Waals surface area (Å²) >= 11 is 0. The van der Waals surface area contributed by atoms with Gasteiger partial charge in [-0.2, -0.15) is 0 Å². The average Bonchev–Trinajstić information content (AvgIpc) is 3.30. The Kier molecular flexibility index (Phi) is 3.14. The van der Waals surface area contributed by atoms with Crippen LogP contribution in [0.3, 0.4) is 0 Å². The molecule has 3 aliphatic heterocycles. The molecular weight excluding hydrogens is 360 g/mol. The number of carbonyl (C=O) groups excluding carboxylic acids is 2. The molecule has 3 aliphatic rings. The van der Waals surface area contributed by atoms with Gasteiger partial charge in [0.05, 0.1) is 42.1 Å². The Morgan fingerprint density at radius 2 is 2.07 bits per heavy atom. The second kappa shape index (κ2) is 5.24. The van der Waals surface area contributed by atoms with E-state index in [0.717, 1.165) is 0 Å². The molecule has 140 valence electrons. The lowest BCUT2D eigenvalue weighted by molar-refractivity contribution is -0.127. The molecule has 10 heteroatoms. The van der Waals surface area contributed by atoms with Crippen LogP contribution >= 0.6 is 0 Å². The van der Waals surface area contributed by atoms with Gasteiger partial charge in [-0.3, -0.25) is 9.69 Å². The number of benzene rings is 1. The van der Waals surface area contributed by atoms with Crippen LogP contribution in [0.1, 0.15) is 17.5 Å². The van der Waals surface area contributed by atoms with E-state index in [4.69, 9.17) is 4.74 Å². The number of alkyl halides is 2. The quantitative estimate of drug-likeness (QED) is 0.798. The number of rotatable bonds is 2. The SMILES string of the molecule is CN1C(=O)CC(F)(F)c2c1ccc1c2C[C@H]2[C@H](Cn3ccnn3)OC(=O)N12. The summed E-state index contributed by atoms with van der Waals surface area (Å²) in [6.45, 7) is 0.290. The number of nitrogens with zero attached hydrogens (tertiary/aromatic N) is 5. The Bertz CT molecular complexity index is 962. The lowest BCUT2D eigenvalue weighted by Gasteiger charge is -2.33. The highest BCUT2D eigenvalue weighted by Gasteiger charge is 2.53. The summed E-state index contributed by atoms with van der Waals surface area (Å²) < 4.78 is 36.5. The highest BCUT2D eigenvalue weighted by Crippen LogP contribution is 2.51. The monoisotopic (exact) mass is 375 g/mol. The van der Waals surface area contributed by atoms with E-state index < -0.39 is 36.5 Å². The lowest BCUT2D eigenvalue weighted by atomic mass is 9.90. The smallest absolute Gasteiger partial charge is 0.415 e. The van der Waals surface area contributed by atoms with Crippen molar-refractivity contribution in [1.29, 1.82) is 0 Å². The molecular formula is C17H15F2N5O3. The number of amides is 2. The molecule has 8 nitrogen and oxygen atoms in total. The van der Waals surface area contributed by atoms with Crippen LogP contribution < -0.4 is 9.80 Å². The third-order valence-electron chi connectivity index (χ3n) is 5.46. The van der Waals surface area contributed by atoms with Crippen molar-refractivity contribution >= 4 is 23.4 Å². The summed E-state index contributed by atoms with van der Waals surface area (Å²) in [6.07, 6.45) is 1.44. The number of ether oxygens (including phenoxy) is 1. The van der Waals surface area contributed by atoms with Gasteiger partial charge in [-0.25, -0.2) is 18.3 Å². The zero-order valence-corrected chi connectivity index (χ0v) is 14.3. The van der Waals surface area contributed by atoms with Gasteiger partial charge < -0.3 is 9.64 Å². The van der Waals surface area contributed by atoms with Gasteiger partial charge in [-0.15, -0.1) is 5.10 Å². The van der Waals surface area contributed by atoms with Crippen molar-refractivity contribution in [2.75, 3.05) is 16.8 Å². The van der Waals surface area contributed by atoms with Gasteiger partial charge in [0.15, 0.2) is 0 Å². The lowest BCUT2D eigenvalue weighted by Crippen LogP contribution is -2.39. The van der Waals surface area contributed by atoms with Crippen molar-refractivity contribution < 1.29 is 23.1 Å². The first-order chi connectivity index (χ1) is 12.9. The Morgan fingerprint density at radius 1 is 1.30 bits per heavy atom. The van der Waals surface area contributed by atoms with Crippen LogP contribution in [0.2, 0.25) is 0 Å². The molecule has 1 saturated heterocycles. The van der Waals surface area contributed by atoms with Gasteiger partial charge >= 0.3 is 6.09 Å². The molecule has 2 aromatic rings. The molecule has 0 spiro atoms. The van der Waals surface area contributed by atoms with Gasteiger partial charge in [-0.1, -0.05) is 5.21 Å². The van der Waals surface area contributed by atoms with Gasteiger partial charge in [0.25, 0.3) is 5.92 Å². The number of hydrogen-bond donors (Lipinski definition) is 0. The highest BCUT2D eigenvalue weighted by atomic mass is 19.3. The third kappa shape index (κ3) is 2.18. The molecule has 0 radical (unpaired) electrons. The summed E-state index contributed by atoms with van der Waals surface area (Å²) in [5.74, 6) is -3.90. The van der Waals surface area contributed by atoms with Gasteiger partial charge in [-0.05, 0) is 24.1 Å². The van der Waals surface area contributed by atoms with Crippen LogP contribution in [0.5, 0.6) is 0 Å². The molecule has 5 rings (SSSR count). The van der Waals surface area contributed by atoms with Crippen LogP contribution in [0.25, 0.3) is 0 Å². The average molecular weight is 375 g/mol. The van der Waals surface area contributed by atoms with E-state index in [9.17, 15) is 18.4 Å². The van der Waals surface area contributed by atoms with Crippen LogP contribution in [0.15, 0.2) is 24.5 Å². The van der Waals surface area contributed by atoms with E-state index in [1.54, 1.807) is 16.9 Å². The number of hydrogen-bond acceptors (Lipinski definition) is 5. The molecule has 1 aromatic carbocycles. The molecule has 2 atom stereocenters. The van der Waals surface area contributed by atoms with E-state index in [0.29, 0.717) is 11.3 Å². The number of cyclic esters (lactones) is 1. The molecule has 2 amide bonds. The predicted octanol–water partition coefficient (Wildman–Crippen LogP) is 1.69. The van der Waals surface area contributed by atoms with E-state index >= 15 is 0 Å². The molecule has 27 heavy (non-hydrogen) atoms. The van der Waals surface area contributed by atoms with Crippen molar-refractivity contribution in [3.05, 3.63) is 35.7 Å². The first-order valence-corrected chi connectivity index (χ1v) is 8.51. The van der Waals surface area contributed by atoms with Crippen LogP contribution in [0, 0.1) is 0 Å². The minimum Gasteiger partial charge on any atom is -0.442 e. The first-order valence-electron chi connectivity index (χ1n) is 8.51. The Balaban J connectivity index is 1.57. The van der Waals surface area contributed by atoms with Crippen LogP contribution in [-0.2, 0) is 28.4 Å². The summed E-state index contributed by atoms with van der Waals surface area (Å²) in [5.41, 5.74) is 0.857. The zero-order valence-electron chi connectivity index (χ0n) is 14.3. The Hall–Kier alpha value is -3.04. The third-order valence-corrected chi connectivity index (χ3v) is 5.46.